The van der Waals surface area contributed by atoms with Crippen LogP contribution < -0.4 is 26.3 Å². The van der Waals surface area contributed by atoms with Gasteiger partial charge in [0.05, 0.1) is 26.5 Å². The van der Waals surface area contributed by atoms with Gasteiger partial charge >= 0.3 is 5.97 Å². The van der Waals surface area contributed by atoms with E-state index in [2.05, 4.69) is 14.7 Å². The molecule has 2 heterocycles. The highest BCUT2D eigenvalue weighted by molar-refractivity contribution is 7.09. The molecule has 0 radical (unpaired) electrons. The van der Waals surface area contributed by atoms with E-state index in [4.69, 9.17) is 25.7 Å². The van der Waals surface area contributed by atoms with Crippen LogP contribution in [0.25, 0.3) is 0 Å². The van der Waals surface area contributed by atoms with Crippen molar-refractivity contribution >= 4 is 40.9 Å². The quantitative estimate of drug-likeness (QED) is 0.274. The molecule has 0 saturated carbocycles. The maximum atomic E-state index is 14.0. The summed E-state index contributed by atoms with van der Waals surface area (Å²) < 4.78 is 19.5. The number of primary amides is 1. The van der Waals surface area contributed by atoms with Gasteiger partial charge in [0.1, 0.15) is 17.5 Å². The Morgan fingerprint density at radius 1 is 1.13 bits per heavy atom. The van der Waals surface area contributed by atoms with Gasteiger partial charge in [0.15, 0.2) is 17.2 Å². The van der Waals surface area contributed by atoms with Gasteiger partial charge in [-0.05, 0) is 47.8 Å². The molecule has 1 atom stereocenters. The van der Waals surface area contributed by atoms with Gasteiger partial charge in [0, 0.05) is 18.9 Å². The molecule has 0 saturated heterocycles. The van der Waals surface area contributed by atoms with Gasteiger partial charge < -0.3 is 35.9 Å². The van der Waals surface area contributed by atoms with Crippen LogP contribution in [0.3, 0.4) is 0 Å². The summed E-state index contributed by atoms with van der Waals surface area (Å²) >= 11 is 0.681. The number of ether oxygens (including phenoxy) is 3. The van der Waals surface area contributed by atoms with Crippen LogP contribution in [0.4, 0.5) is 5.69 Å². The second-order valence-electron chi connectivity index (χ2n) is 7.97. The molecule has 0 bridgehead atoms. The molecule has 0 aliphatic carbocycles. The molecule has 1 unspecified atom stereocenters. The number of hydrogen-bond donors (Lipinski definition) is 3. The van der Waals surface area contributed by atoms with Gasteiger partial charge in [0.25, 0.3) is 11.8 Å². The lowest BCUT2D eigenvalue weighted by Gasteiger charge is -2.31. The van der Waals surface area contributed by atoms with Crippen molar-refractivity contribution in [3.05, 3.63) is 64.4 Å². The number of nitrogens with zero attached hydrogens (tertiary/aromatic N) is 3. The molecule has 3 amide bonds. The number of amides is 3. The first-order valence-electron chi connectivity index (χ1n) is 11.6. The van der Waals surface area contributed by atoms with Crippen molar-refractivity contribution < 1.29 is 33.4 Å². The largest absolute Gasteiger partial charge is 0.493 e. The number of benzene rings is 1. The van der Waals surface area contributed by atoms with Crippen LogP contribution in [0.1, 0.15) is 44.3 Å². The number of anilines is 1. The van der Waals surface area contributed by atoms with E-state index in [-0.39, 0.29) is 29.4 Å². The van der Waals surface area contributed by atoms with E-state index in [1.54, 1.807) is 43.5 Å². The number of nitrogen functional groups attached to an aromatic ring is 1. The predicted octanol–water partition coefficient (Wildman–Crippen LogP) is 1.30. The van der Waals surface area contributed by atoms with Crippen LogP contribution in [-0.4, -0.2) is 65.3 Å². The molecular formula is C25H28N6O7S. The normalized spacial score (nSPS) is 11.3. The number of methoxy groups -OCH3 is 2. The number of pyridine rings is 1. The van der Waals surface area contributed by atoms with Gasteiger partial charge in [-0.3, -0.25) is 24.2 Å². The minimum Gasteiger partial charge on any atom is -0.493 e. The lowest BCUT2D eigenvalue weighted by atomic mass is 10.0. The van der Waals surface area contributed by atoms with Crippen molar-refractivity contribution in [2.45, 2.75) is 19.5 Å². The summed E-state index contributed by atoms with van der Waals surface area (Å²) in [6.07, 6.45) is 3.10. The molecule has 206 valence electrons. The van der Waals surface area contributed by atoms with E-state index < -0.39 is 36.3 Å². The fourth-order valence-corrected chi connectivity index (χ4v) is 4.45. The van der Waals surface area contributed by atoms with E-state index >= 15 is 0 Å². The number of aromatic nitrogens is 2. The standard InChI is InChI=1S/C25H28N6O7S/c1-4-38-18(32)12-29-24(34)21(15-7-8-16(36-2)17(10-15)37-3)31(13-14-6-5-9-28-11-14)25(35)22-19(26)20(23(27)33)30-39-22/h5-11,21H,4,12-13,26H2,1-3H3,(H2,27,33)(H,29,34). The second kappa shape index (κ2) is 13.2. The summed E-state index contributed by atoms with van der Waals surface area (Å²) in [6, 6.07) is 6.81. The van der Waals surface area contributed by atoms with Crippen LogP contribution in [0, 0.1) is 0 Å². The Morgan fingerprint density at radius 3 is 2.46 bits per heavy atom. The van der Waals surface area contributed by atoms with Crippen molar-refractivity contribution in [1.29, 1.82) is 0 Å². The Kier molecular flexibility index (Phi) is 9.75. The van der Waals surface area contributed by atoms with Crippen LogP contribution >= 0.6 is 11.5 Å². The first kappa shape index (κ1) is 28.8. The molecule has 3 rings (SSSR count). The van der Waals surface area contributed by atoms with Gasteiger partial charge in [-0.1, -0.05) is 12.1 Å². The van der Waals surface area contributed by atoms with E-state index in [1.807, 2.05) is 0 Å². The van der Waals surface area contributed by atoms with Crippen LogP contribution in [-0.2, 0) is 20.9 Å². The molecule has 0 aliphatic heterocycles. The highest BCUT2D eigenvalue weighted by Gasteiger charge is 2.35. The minimum atomic E-state index is -1.30. The van der Waals surface area contributed by atoms with Crippen LogP contribution in [0.15, 0.2) is 42.7 Å². The molecule has 2 aromatic heterocycles. The zero-order valence-corrected chi connectivity index (χ0v) is 22.3. The summed E-state index contributed by atoms with van der Waals surface area (Å²) in [6.45, 7) is 1.24. The molecule has 0 aliphatic rings. The summed E-state index contributed by atoms with van der Waals surface area (Å²) in [5.41, 5.74) is 11.9. The van der Waals surface area contributed by atoms with E-state index in [9.17, 15) is 19.2 Å². The number of nitrogens with two attached hydrogens (primary N) is 2. The zero-order chi connectivity index (χ0) is 28.5. The predicted molar refractivity (Wildman–Crippen MR) is 141 cm³/mol. The fraction of sp³-hybridized carbons (Fsp3) is 0.280. The van der Waals surface area contributed by atoms with E-state index in [0.717, 1.165) is 0 Å². The molecule has 14 heteroatoms. The van der Waals surface area contributed by atoms with Gasteiger partial charge in [-0.25, -0.2) is 0 Å². The van der Waals surface area contributed by atoms with Crippen LogP contribution in [0.5, 0.6) is 11.5 Å². The number of rotatable bonds is 12. The highest BCUT2D eigenvalue weighted by atomic mass is 32.1. The fourth-order valence-electron chi connectivity index (χ4n) is 3.69. The maximum Gasteiger partial charge on any atom is 0.325 e. The van der Waals surface area contributed by atoms with Crippen molar-refractivity contribution in [1.82, 2.24) is 19.6 Å². The Bertz CT molecular complexity index is 1350. The number of carbonyl (C=O) groups is 4. The molecule has 0 spiro atoms. The number of esters is 1. The third-order valence-corrected chi connectivity index (χ3v) is 6.34. The average molecular weight is 557 g/mol. The Morgan fingerprint density at radius 2 is 1.87 bits per heavy atom. The Hall–Kier alpha value is -4.72. The molecule has 1 aromatic carbocycles. The van der Waals surface area contributed by atoms with Crippen molar-refractivity contribution in [2.24, 2.45) is 5.73 Å². The van der Waals surface area contributed by atoms with Gasteiger partial charge in [0.2, 0.25) is 5.91 Å². The van der Waals surface area contributed by atoms with Gasteiger partial charge in [-0.15, -0.1) is 0 Å². The van der Waals surface area contributed by atoms with Crippen LogP contribution in [0.2, 0.25) is 0 Å². The lowest BCUT2D eigenvalue weighted by molar-refractivity contribution is -0.143. The molecule has 5 N–H and O–H groups in total. The third kappa shape index (κ3) is 6.78. The monoisotopic (exact) mass is 556 g/mol. The molecule has 0 fully saturated rings. The molecular weight excluding hydrogens is 528 g/mol. The topological polar surface area (TPSA) is 189 Å². The van der Waals surface area contributed by atoms with E-state index in [0.29, 0.717) is 34.2 Å². The first-order chi connectivity index (χ1) is 18.7. The Labute approximate surface area is 228 Å². The number of carbonyl (C=O) groups excluding carboxylic acids is 4. The first-order valence-corrected chi connectivity index (χ1v) is 12.4. The molecule has 3 aromatic rings. The zero-order valence-electron chi connectivity index (χ0n) is 21.5. The molecule has 39 heavy (non-hydrogen) atoms. The number of nitrogens with one attached hydrogen (secondary N) is 1. The van der Waals surface area contributed by atoms with E-state index in [1.165, 1.54) is 25.3 Å². The van der Waals surface area contributed by atoms with Crippen molar-refractivity contribution in [3.8, 4) is 11.5 Å². The smallest absolute Gasteiger partial charge is 0.325 e. The summed E-state index contributed by atoms with van der Waals surface area (Å²) in [7, 11) is 2.89. The second-order valence-corrected chi connectivity index (χ2v) is 8.75. The molecule has 13 nitrogen and oxygen atoms in total. The average Bonchev–Trinajstić information content (AvgIpc) is 3.33. The summed E-state index contributed by atoms with van der Waals surface area (Å²) in [5, 5.41) is 2.53. The van der Waals surface area contributed by atoms with Crippen molar-refractivity contribution in [2.75, 3.05) is 33.1 Å². The summed E-state index contributed by atoms with van der Waals surface area (Å²) in [5.74, 6) is -2.24. The highest BCUT2D eigenvalue weighted by Crippen LogP contribution is 2.35. The lowest BCUT2D eigenvalue weighted by Crippen LogP contribution is -2.44. The SMILES string of the molecule is CCOC(=O)CNC(=O)C(c1ccc(OC)c(OC)c1)N(Cc1cccnc1)C(=O)c1snc(C(N)=O)c1N. The maximum absolute atomic E-state index is 14.0. The minimum absolute atomic E-state index is 0.0867. The summed E-state index contributed by atoms with van der Waals surface area (Å²) in [4.78, 5) is 56.6. The number of hydrogen-bond acceptors (Lipinski definition) is 11. The third-order valence-electron chi connectivity index (χ3n) is 5.49. The van der Waals surface area contributed by atoms with Gasteiger partial charge in [-0.2, -0.15) is 4.37 Å². The Balaban J connectivity index is 2.15. The van der Waals surface area contributed by atoms with Crippen molar-refractivity contribution in [3.63, 3.8) is 0 Å².